The highest BCUT2D eigenvalue weighted by atomic mass is 32.2. The van der Waals surface area contributed by atoms with Gasteiger partial charge in [0.25, 0.3) is 0 Å². The van der Waals surface area contributed by atoms with Gasteiger partial charge >= 0.3 is 5.97 Å². The van der Waals surface area contributed by atoms with Gasteiger partial charge in [0.05, 0.1) is 7.11 Å². The number of esters is 1. The molecular formula is C10H10N4O2S. The fourth-order valence-electron chi connectivity index (χ4n) is 1.11. The van der Waals surface area contributed by atoms with E-state index in [-0.39, 0.29) is 5.70 Å². The average Bonchev–Trinajstić information content (AvgIpc) is 2.38. The van der Waals surface area contributed by atoms with Gasteiger partial charge in [-0.3, -0.25) is 0 Å². The van der Waals surface area contributed by atoms with E-state index in [4.69, 9.17) is 5.53 Å². The van der Waals surface area contributed by atoms with Gasteiger partial charge in [0.15, 0.2) is 0 Å². The second kappa shape index (κ2) is 6.57. The van der Waals surface area contributed by atoms with Gasteiger partial charge in [0, 0.05) is 16.7 Å². The van der Waals surface area contributed by atoms with Crippen molar-refractivity contribution in [1.82, 2.24) is 4.98 Å². The molecule has 0 saturated heterocycles. The minimum Gasteiger partial charge on any atom is -0.466 e. The first-order valence-corrected chi connectivity index (χ1v) is 5.79. The van der Waals surface area contributed by atoms with Crippen molar-refractivity contribution < 1.29 is 9.53 Å². The molecule has 0 saturated carbocycles. The molecule has 1 aromatic rings. The van der Waals surface area contributed by atoms with E-state index >= 15 is 0 Å². The molecular weight excluding hydrogens is 240 g/mol. The zero-order valence-corrected chi connectivity index (χ0v) is 10.1. The van der Waals surface area contributed by atoms with Crippen LogP contribution in [0, 0.1) is 0 Å². The molecule has 0 aromatic carbocycles. The summed E-state index contributed by atoms with van der Waals surface area (Å²) in [6, 6.07) is 3.51. The molecule has 0 atom stereocenters. The maximum Gasteiger partial charge on any atom is 0.340 e. The number of azide groups is 1. The number of aromatic nitrogens is 1. The van der Waals surface area contributed by atoms with Crippen molar-refractivity contribution >= 4 is 23.8 Å². The Balaban J connectivity index is 3.21. The van der Waals surface area contributed by atoms with Crippen LogP contribution >= 0.6 is 11.8 Å². The largest absolute Gasteiger partial charge is 0.466 e. The molecule has 0 N–H and O–H groups in total. The van der Waals surface area contributed by atoms with Gasteiger partial charge in [-0.15, -0.1) is 11.8 Å². The van der Waals surface area contributed by atoms with Crippen LogP contribution in [0.25, 0.3) is 16.5 Å². The number of methoxy groups -OCH3 is 1. The number of pyridine rings is 1. The first-order chi connectivity index (χ1) is 8.22. The molecule has 0 spiro atoms. The molecule has 0 aliphatic carbocycles. The van der Waals surface area contributed by atoms with E-state index < -0.39 is 5.97 Å². The lowest BCUT2D eigenvalue weighted by atomic mass is 10.2. The van der Waals surface area contributed by atoms with Gasteiger partial charge < -0.3 is 4.74 Å². The molecule has 0 fully saturated rings. The maximum atomic E-state index is 11.3. The average molecular weight is 250 g/mol. The van der Waals surface area contributed by atoms with Crippen LogP contribution in [0.2, 0.25) is 0 Å². The molecule has 0 amide bonds. The number of rotatable bonds is 4. The van der Waals surface area contributed by atoms with E-state index in [2.05, 4.69) is 19.7 Å². The number of carbonyl (C=O) groups excluding carboxylic acids is 1. The number of hydrogen-bond donors (Lipinski definition) is 0. The molecule has 17 heavy (non-hydrogen) atoms. The fraction of sp³-hybridized carbons (Fsp3) is 0.200. The summed E-state index contributed by atoms with van der Waals surface area (Å²) in [5.41, 5.74) is 8.98. The Morgan fingerprint density at radius 2 is 2.47 bits per heavy atom. The third kappa shape index (κ3) is 3.51. The lowest BCUT2D eigenvalue weighted by Crippen LogP contribution is -2.02. The Hall–Kier alpha value is -1.98. The monoisotopic (exact) mass is 250 g/mol. The van der Waals surface area contributed by atoms with Crippen molar-refractivity contribution in [3.05, 3.63) is 40.0 Å². The quantitative estimate of drug-likeness (QED) is 0.205. The second-order valence-corrected chi connectivity index (χ2v) is 3.61. The van der Waals surface area contributed by atoms with Crippen molar-refractivity contribution in [2.75, 3.05) is 13.4 Å². The first kappa shape index (κ1) is 13.1. The van der Waals surface area contributed by atoms with Crippen LogP contribution in [0.3, 0.4) is 0 Å². The summed E-state index contributed by atoms with van der Waals surface area (Å²) >= 11 is 1.43. The minimum atomic E-state index is -0.682. The van der Waals surface area contributed by atoms with Gasteiger partial charge in [-0.1, -0.05) is 11.2 Å². The second-order valence-electron chi connectivity index (χ2n) is 2.81. The van der Waals surface area contributed by atoms with Crippen LogP contribution in [-0.4, -0.2) is 24.3 Å². The molecule has 1 rings (SSSR count). The van der Waals surface area contributed by atoms with E-state index in [0.717, 1.165) is 5.03 Å². The lowest BCUT2D eigenvalue weighted by Gasteiger charge is -2.02. The predicted molar refractivity (Wildman–Crippen MR) is 65.2 cm³/mol. The molecule has 0 unspecified atom stereocenters. The number of nitrogens with zero attached hydrogens (tertiary/aromatic N) is 4. The van der Waals surface area contributed by atoms with Crippen molar-refractivity contribution in [2.45, 2.75) is 5.03 Å². The van der Waals surface area contributed by atoms with E-state index in [0.29, 0.717) is 5.56 Å². The Bertz CT molecular complexity index is 495. The predicted octanol–water partition coefficient (Wildman–Crippen LogP) is 2.63. The molecule has 0 bridgehead atoms. The normalized spacial score (nSPS) is 10.6. The van der Waals surface area contributed by atoms with Crippen molar-refractivity contribution in [2.24, 2.45) is 5.11 Å². The Morgan fingerprint density at radius 1 is 1.71 bits per heavy atom. The number of ether oxygens (including phenoxy) is 1. The van der Waals surface area contributed by atoms with Gasteiger partial charge in [0.1, 0.15) is 10.7 Å². The Kier molecular flexibility index (Phi) is 5.06. The van der Waals surface area contributed by atoms with Crippen molar-refractivity contribution in [1.29, 1.82) is 0 Å². The fourth-order valence-corrected chi connectivity index (χ4v) is 1.64. The SMILES string of the molecule is COC(=O)C(=Cc1cccnc1SC)N=[N+]=[N-]. The number of hydrogen-bond acceptors (Lipinski definition) is 5. The van der Waals surface area contributed by atoms with Gasteiger partial charge in [0.2, 0.25) is 0 Å². The maximum absolute atomic E-state index is 11.3. The minimum absolute atomic E-state index is 0.0988. The topological polar surface area (TPSA) is 88.0 Å². The summed E-state index contributed by atoms with van der Waals surface area (Å²) < 4.78 is 4.51. The van der Waals surface area contributed by atoms with Crippen molar-refractivity contribution in [3.8, 4) is 0 Å². The molecule has 0 radical (unpaired) electrons. The summed E-state index contributed by atoms with van der Waals surface area (Å²) in [5.74, 6) is -0.682. The van der Waals surface area contributed by atoms with Crippen LogP contribution < -0.4 is 0 Å². The van der Waals surface area contributed by atoms with E-state index in [1.54, 1.807) is 18.3 Å². The molecule has 1 aromatic heterocycles. The number of thioether (sulfide) groups is 1. The molecule has 0 aliphatic heterocycles. The summed E-state index contributed by atoms with van der Waals surface area (Å²) in [4.78, 5) is 18.0. The molecule has 7 heteroatoms. The number of carbonyl (C=O) groups is 1. The van der Waals surface area contributed by atoms with Crippen LogP contribution in [0.15, 0.2) is 34.2 Å². The summed E-state index contributed by atoms with van der Waals surface area (Å²) in [6.45, 7) is 0. The molecule has 6 nitrogen and oxygen atoms in total. The van der Waals surface area contributed by atoms with Gasteiger partial charge in [-0.2, -0.15) is 0 Å². The van der Waals surface area contributed by atoms with Crippen molar-refractivity contribution in [3.63, 3.8) is 0 Å². The zero-order chi connectivity index (χ0) is 12.7. The first-order valence-electron chi connectivity index (χ1n) is 4.57. The summed E-state index contributed by atoms with van der Waals surface area (Å²) in [6.07, 6.45) is 4.96. The highest BCUT2D eigenvalue weighted by molar-refractivity contribution is 7.98. The standard InChI is InChI=1S/C10H10N4O2S/c1-16-10(15)8(13-14-11)6-7-4-3-5-12-9(7)17-2/h3-6H,1-2H3. The third-order valence-electron chi connectivity index (χ3n) is 1.83. The van der Waals surface area contributed by atoms with Crippen LogP contribution in [0.1, 0.15) is 5.56 Å². The Morgan fingerprint density at radius 3 is 3.06 bits per heavy atom. The van der Waals surface area contributed by atoms with Crippen LogP contribution in [0.5, 0.6) is 0 Å². The lowest BCUT2D eigenvalue weighted by molar-refractivity contribution is -0.136. The Labute approximate surface area is 102 Å². The highest BCUT2D eigenvalue weighted by Crippen LogP contribution is 2.20. The van der Waals surface area contributed by atoms with Crippen LogP contribution in [-0.2, 0) is 9.53 Å². The van der Waals surface area contributed by atoms with E-state index in [1.165, 1.54) is 24.9 Å². The summed E-state index contributed by atoms with van der Waals surface area (Å²) in [7, 11) is 1.22. The third-order valence-corrected chi connectivity index (χ3v) is 2.56. The van der Waals surface area contributed by atoms with Crippen LogP contribution in [0.4, 0.5) is 0 Å². The molecule has 1 heterocycles. The summed E-state index contributed by atoms with van der Waals surface area (Å²) in [5, 5.41) is 4.03. The zero-order valence-electron chi connectivity index (χ0n) is 9.32. The molecule has 0 aliphatic rings. The smallest absolute Gasteiger partial charge is 0.340 e. The highest BCUT2D eigenvalue weighted by Gasteiger charge is 2.09. The molecule has 88 valence electrons. The van der Waals surface area contributed by atoms with E-state index in [1.807, 2.05) is 6.26 Å². The van der Waals surface area contributed by atoms with Gasteiger partial charge in [-0.25, -0.2) is 9.78 Å². The van der Waals surface area contributed by atoms with Gasteiger partial charge in [-0.05, 0) is 23.9 Å². The van der Waals surface area contributed by atoms with E-state index in [9.17, 15) is 4.79 Å².